The topological polar surface area (TPSA) is 3.24 Å². The molecule has 2 aliphatic rings. The summed E-state index contributed by atoms with van der Waals surface area (Å²) in [5, 5.41) is 8.20. The van der Waals surface area contributed by atoms with Crippen LogP contribution in [0.2, 0.25) is 0 Å². The first-order chi connectivity index (χ1) is 23.9. The maximum atomic E-state index is 2.60. The maximum Gasteiger partial charge on any atom is 0.248 e. The van der Waals surface area contributed by atoms with Crippen molar-refractivity contribution in [2.24, 2.45) is 0 Å². The average molecular weight is 628 g/mol. The standard InChI is InChI=1S/C47H38BN/c1-27(2)37-25-39(30-14-7-6-13-29(30)5)34-22-21-33-38(28(3)4)26-44(36-24-23-32(37)45(34)46(33)36)49-42-19-11-10-18-41(42)48-40-17-9-8-15-31(40)35-16-12-20-43(49)47(35)48/h6-28H,1-5H3. The van der Waals surface area contributed by atoms with Gasteiger partial charge in [0.15, 0.2) is 0 Å². The highest BCUT2D eigenvalue weighted by Crippen LogP contribution is 2.50. The van der Waals surface area contributed by atoms with Gasteiger partial charge < -0.3 is 4.90 Å². The number of hydrogen-bond donors (Lipinski definition) is 0. The number of rotatable bonds is 4. The normalized spacial score (nSPS) is 13.3. The minimum absolute atomic E-state index is 0.240. The van der Waals surface area contributed by atoms with Crippen LogP contribution in [0.3, 0.4) is 0 Å². The molecule has 0 fully saturated rings. The Morgan fingerprint density at radius 3 is 1.78 bits per heavy atom. The fourth-order valence-corrected chi connectivity index (χ4v) is 9.35. The van der Waals surface area contributed by atoms with Crippen LogP contribution in [-0.4, -0.2) is 6.71 Å². The fraction of sp³-hybridized carbons (Fsp3) is 0.149. The van der Waals surface area contributed by atoms with Crippen molar-refractivity contribution in [3.05, 3.63) is 144 Å². The third-order valence-electron chi connectivity index (χ3n) is 11.5. The van der Waals surface area contributed by atoms with Crippen LogP contribution in [0.15, 0.2) is 127 Å². The van der Waals surface area contributed by atoms with Gasteiger partial charge in [-0.1, -0.05) is 136 Å². The summed E-state index contributed by atoms with van der Waals surface area (Å²) >= 11 is 0. The largest absolute Gasteiger partial charge is 0.311 e. The molecule has 8 aromatic carbocycles. The summed E-state index contributed by atoms with van der Waals surface area (Å²) in [6, 6.07) is 48.6. The highest BCUT2D eigenvalue weighted by molar-refractivity contribution is 7.01. The summed E-state index contributed by atoms with van der Waals surface area (Å²) in [7, 11) is 0. The van der Waals surface area contributed by atoms with E-state index in [1.54, 1.807) is 0 Å². The van der Waals surface area contributed by atoms with Crippen molar-refractivity contribution in [1.29, 1.82) is 0 Å². The minimum atomic E-state index is 0.240. The van der Waals surface area contributed by atoms with Crippen molar-refractivity contribution < 1.29 is 0 Å². The first-order valence-corrected chi connectivity index (χ1v) is 17.9. The molecule has 0 aliphatic carbocycles. The Labute approximate surface area is 289 Å². The Morgan fingerprint density at radius 2 is 1.02 bits per heavy atom. The molecular weight excluding hydrogens is 589 g/mol. The molecule has 49 heavy (non-hydrogen) atoms. The Morgan fingerprint density at radius 1 is 0.449 bits per heavy atom. The van der Waals surface area contributed by atoms with E-state index in [0.717, 1.165) is 0 Å². The van der Waals surface area contributed by atoms with E-state index in [1.807, 2.05) is 0 Å². The van der Waals surface area contributed by atoms with Crippen molar-refractivity contribution in [3.63, 3.8) is 0 Å². The van der Waals surface area contributed by atoms with Crippen LogP contribution in [0.5, 0.6) is 0 Å². The second-order valence-corrected chi connectivity index (χ2v) is 14.8. The molecule has 0 saturated heterocycles. The van der Waals surface area contributed by atoms with E-state index in [9.17, 15) is 0 Å². The van der Waals surface area contributed by atoms with Crippen molar-refractivity contribution in [2.45, 2.75) is 46.5 Å². The number of anilines is 3. The van der Waals surface area contributed by atoms with Gasteiger partial charge in [0.2, 0.25) is 6.71 Å². The molecule has 0 N–H and O–H groups in total. The molecule has 0 bridgehead atoms. The molecule has 2 heteroatoms. The second kappa shape index (κ2) is 10.3. The van der Waals surface area contributed by atoms with Gasteiger partial charge in [0.05, 0.1) is 5.69 Å². The molecule has 8 aromatic rings. The molecule has 10 rings (SSSR count). The highest BCUT2D eigenvalue weighted by atomic mass is 15.2. The monoisotopic (exact) mass is 627 g/mol. The van der Waals surface area contributed by atoms with Crippen LogP contribution < -0.4 is 21.3 Å². The van der Waals surface area contributed by atoms with Gasteiger partial charge in [0.25, 0.3) is 0 Å². The van der Waals surface area contributed by atoms with Gasteiger partial charge in [0, 0.05) is 16.8 Å². The van der Waals surface area contributed by atoms with E-state index in [2.05, 4.69) is 167 Å². The number of para-hydroxylation sites is 1. The minimum Gasteiger partial charge on any atom is -0.311 e. The maximum absolute atomic E-state index is 2.60. The van der Waals surface area contributed by atoms with Crippen LogP contribution in [0.25, 0.3) is 54.6 Å². The molecule has 0 spiro atoms. The lowest BCUT2D eigenvalue weighted by Gasteiger charge is -2.37. The van der Waals surface area contributed by atoms with Crippen LogP contribution in [0.4, 0.5) is 17.1 Å². The Kier molecular flexibility index (Phi) is 6.04. The lowest BCUT2D eigenvalue weighted by molar-refractivity contribution is 0.876. The quantitative estimate of drug-likeness (QED) is 0.139. The first kappa shape index (κ1) is 28.7. The van der Waals surface area contributed by atoms with Crippen molar-refractivity contribution in [3.8, 4) is 22.3 Å². The third-order valence-corrected chi connectivity index (χ3v) is 11.5. The van der Waals surface area contributed by atoms with Crippen molar-refractivity contribution in [1.82, 2.24) is 0 Å². The van der Waals surface area contributed by atoms with E-state index in [0.29, 0.717) is 11.8 Å². The zero-order chi connectivity index (χ0) is 33.1. The highest BCUT2D eigenvalue weighted by Gasteiger charge is 2.42. The van der Waals surface area contributed by atoms with Crippen LogP contribution in [0.1, 0.15) is 56.2 Å². The molecule has 0 atom stereocenters. The Hall–Kier alpha value is -5.34. The summed E-state index contributed by atoms with van der Waals surface area (Å²) in [6.07, 6.45) is 0. The Bertz CT molecular complexity index is 2640. The van der Waals surface area contributed by atoms with Gasteiger partial charge in [-0.25, -0.2) is 0 Å². The fourth-order valence-electron chi connectivity index (χ4n) is 9.35. The predicted octanol–water partition coefficient (Wildman–Crippen LogP) is 11.1. The predicted molar refractivity (Wildman–Crippen MR) is 213 cm³/mol. The van der Waals surface area contributed by atoms with Gasteiger partial charge in [-0.05, 0) is 120 Å². The average Bonchev–Trinajstić information content (AvgIpc) is 3.46. The van der Waals surface area contributed by atoms with E-state index in [-0.39, 0.29) is 6.71 Å². The smallest absolute Gasteiger partial charge is 0.248 e. The van der Waals surface area contributed by atoms with E-state index >= 15 is 0 Å². The SMILES string of the molecule is Cc1ccccc1-c1cc(C(C)C)c2ccc3c(N4c5ccccc5B5c6ccccc6-c6cccc4c65)cc(C(C)C)c4ccc1c2c43. The summed E-state index contributed by atoms with van der Waals surface area (Å²) < 4.78 is 0. The third kappa shape index (κ3) is 3.83. The summed E-state index contributed by atoms with van der Waals surface area (Å²) in [4.78, 5) is 2.60. The number of hydrogen-bond acceptors (Lipinski definition) is 1. The summed E-state index contributed by atoms with van der Waals surface area (Å²) in [5.74, 6) is 0.762. The molecule has 234 valence electrons. The zero-order valence-electron chi connectivity index (χ0n) is 28.8. The number of benzene rings is 8. The molecule has 0 unspecified atom stereocenters. The van der Waals surface area contributed by atoms with E-state index < -0.39 is 0 Å². The first-order valence-electron chi connectivity index (χ1n) is 17.9. The molecular formula is C47H38BN. The van der Waals surface area contributed by atoms with E-state index in [4.69, 9.17) is 0 Å². The number of fused-ring (bicyclic) bond motifs is 5. The second-order valence-electron chi connectivity index (χ2n) is 14.8. The van der Waals surface area contributed by atoms with Gasteiger partial charge >= 0.3 is 0 Å². The number of nitrogens with zero attached hydrogens (tertiary/aromatic N) is 1. The Balaban J connectivity index is 1.35. The molecule has 2 aliphatic heterocycles. The van der Waals surface area contributed by atoms with Gasteiger partial charge in [0.1, 0.15) is 0 Å². The van der Waals surface area contributed by atoms with Crippen LogP contribution >= 0.6 is 0 Å². The van der Waals surface area contributed by atoms with Gasteiger partial charge in [-0.2, -0.15) is 0 Å². The lowest BCUT2D eigenvalue weighted by atomic mass is 9.37. The van der Waals surface area contributed by atoms with Crippen LogP contribution in [-0.2, 0) is 0 Å². The molecule has 0 radical (unpaired) electrons. The van der Waals surface area contributed by atoms with Gasteiger partial charge in [-0.15, -0.1) is 0 Å². The molecule has 0 amide bonds. The van der Waals surface area contributed by atoms with Crippen molar-refractivity contribution in [2.75, 3.05) is 4.90 Å². The van der Waals surface area contributed by atoms with Crippen LogP contribution in [0, 0.1) is 6.92 Å². The lowest BCUT2D eigenvalue weighted by Crippen LogP contribution is -2.54. The molecule has 1 nitrogen and oxygen atoms in total. The summed E-state index contributed by atoms with van der Waals surface area (Å²) in [5.41, 5.74) is 17.6. The van der Waals surface area contributed by atoms with Crippen molar-refractivity contribution >= 4 is 72.5 Å². The number of aryl methyl sites for hydroxylation is 1. The zero-order valence-corrected chi connectivity index (χ0v) is 28.8. The molecule has 2 heterocycles. The van der Waals surface area contributed by atoms with Gasteiger partial charge in [-0.3, -0.25) is 0 Å². The van der Waals surface area contributed by atoms with E-state index in [1.165, 1.54) is 105 Å². The summed E-state index contributed by atoms with van der Waals surface area (Å²) in [6.45, 7) is 11.9. The molecule has 0 aromatic heterocycles. The molecule has 0 saturated carbocycles.